The summed E-state index contributed by atoms with van der Waals surface area (Å²) in [5, 5.41) is 2.75. The van der Waals surface area contributed by atoms with Crippen LogP contribution in [-0.4, -0.2) is 26.2 Å². The lowest BCUT2D eigenvalue weighted by atomic mass is 10.1. The first-order chi connectivity index (χ1) is 7.65. The Kier molecular flexibility index (Phi) is 4.95. The molecule has 0 aliphatic carbocycles. The van der Waals surface area contributed by atoms with Crippen LogP contribution < -0.4 is 11.1 Å². The number of hydrogen-bond donors (Lipinski definition) is 2. The van der Waals surface area contributed by atoms with E-state index in [4.69, 9.17) is 10.5 Å². The second kappa shape index (κ2) is 6.25. The minimum absolute atomic E-state index is 0.00870. The SMILES string of the molecule is COCCNC(=O)c1ccc(C(C)N)cc1. The molecular weight excluding hydrogens is 204 g/mol. The van der Waals surface area contributed by atoms with Crippen LogP contribution in [0.15, 0.2) is 24.3 Å². The van der Waals surface area contributed by atoms with Crippen molar-refractivity contribution in [1.29, 1.82) is 0 Å². The Labute approximate surface area is 95.8 Å². The second-order valence-electron chi connectivity index (χ2n) is 3.66. The standard InChI is InChI=1S/C12H18N2O2/c1-9(13)10-3-5-11(6-4-10)12(15)14-7-8-16-2/h3-6,9H,7-8,13H2,1-2H3,(H,14,15). The molecule has 0 spiro atoms. The van der Waals surface area contributed by atoms with Crippen LogP contribution in [0.3, 0.4) is 0 Å². The zero-order chi connectivity index (χ0) is 12.0. The molecule has 16 heavy (non-hydrogen) atoms. The van der Waals surface area contributed by atoms with Gasteiger partial charge in [0.25, 0.3) is 5.91 Å². The van der Waals surface area contributed by atoms with E-state index in [1.165, 1.54) is 0 Å². The largest absolute Gasteiger partial charge is 0.383 e. The number of amides is 1. The first-order valence-electron chi connectivity index (χ1n) is 5.28. The topological polar surface area (TPSA) is 64.3 Å². The second-order valence-corrected chi connectivity index (χ2v) is 3.66. The maximum atomic E-state index is 11.6. The highest BCUT2D eigenvalue weighted by atomic mass is 16.5. The molecule has 0 saturated carbocycles. The van der Waals surface area contributed by atoms with E-state index in [0.717, 1.165) is 5.56 Å². The summed E-state index contributed by atoms with van der Waals surface area (Å²) in [4.78, 5) is 11.6. The van der Waals surface area contributed by atoms with Crippen molar-refractivity contribution in [3.63, 3.8) is 0 Å². The highest BCUT2D eigenvalue weighted by Crippen LogP contribution is 2.10. The van der Waals surface area contributed by atoms with Crippen molar-refractivity contribution in [3.05, 3.63) is 35.4 Å². The number of ether oxygens (including phenoxy) is 1. The van der Waals surface area contributed by atoms with Gasteiger partial charge >= 0.3 is 0 Å². The van der Waals surface area contributed by atoms with Gasteiger partial charge < -0.3 is 15.8 Å². The van der Waals surface area contributed by atoms with Gasteiger partial charge in [-0.25, -0.2) is 0 Å². The normalized spacial score (nSPS) is 12.2. The van der Waals surface area contributed by atoms with E-state index in [2.05, 4.69) is 5.32 Å². The number of carbonyl (C=O) groups excluding carboxylic acids is 1. The monoisotopic (exact) mass is 222 g/mol. The van der Waals surface area contributed by atoms with E-state index < -0.39 is 0 Å². The molecule has 4 nitrogen and oxygen atoms in total. The van der Waals surface area contributed by atoms with Crippen LogP contribution in [0.5, 0.6) is 0 Å². The molecule has 0 saturated heterocycles. The Hall–Kier alpha value is -1.39. The molecular formula is C12H18N2O2. The van der Waals surface area contributed by atoms with Crippen molar-refractivity contribution in [1.82, 2.24) is 5.32 Å². The van der Waals surface area contributed by atoms with Crippen LogP contribution in [0.1, 0.15) is 28.9 Å². The fraction of sp³-hybridized carbons (Fsp3) is 0.417. The summed E-state index contributed by atoms with van der Waals surface area (Å²) < 4.78 is 4.85. The van der Waals surface area contributed by atoms with Gasteiger partial charge in [0, 0.05) is 25.3 Å². The molecule has 1 amide bonds. The molecule has 4 heteroatoms. The Balaban J connectivity index is 2.56. The quantitative estimate of drug-likeness (QED) is 0.733. The van der Waals surface area contributed by atoms with Gasteiger partial charge in [-0.15, -0.1) is 0 Å². The summed E-state index contributed by atoms with van der Waals surface area (Å²) in [5.74, 6) is -0.0896. The van der Waals surface area contributed by atoms with Crippen molar-refractivity contribution in [2.45, 2.75) is 13.0 Å². The number of nitrogens with two attached hydrogens (primary N) is 1. The predicted octanol–water partition coefficient (Wildman–Crippen LogP) is 1.08. The Morgan fingerprint density at radius 3 is 2.56 bits per heavy atom. The Bertz CT molecular complexity index is 333. The lowest BCUT2D eigenvalue weighted by Crippen LogP contribution is -2.26. The van der Waals surface area contributed by atoms with Gasteiger partial charge in [-0.05, 0) is 24.6 Å². The van der Waals surface area contributed by atoms with Crippen molar-refractivity contribution < 1.29 is 9.53 Å². The van der Waals surface area contributed by atoms with Crippen molar-refractivity contribution in [2.24, 2.45) is 5.73 Å². The summed E-state index contributed by atoms with van der Waals surface area (Å²) in [5.41, 5.74) is 7.38. The fourth-order valence-corrected chi connectivity index (χ4v) is 1.31. The van der Waals surface area contributed by atoms with Crippen LogP contribution in [0, 0.1) is 0 Å². The van der Waals surface area contributed by atoms with E-state index >= 15 is 0 Å². The average molecular weight is 222 g/mol. The van der Waals surface area contributed by atoms with Crippen LogP contribution in [-0.2, 0) is 4.74 Å². The molecule has 88 valence electrons. The molecule has 1 aromatic carbocycles. The van der Waals surface area contributed by atoms with E-state index in [-0.39, 0.29) is 11.9 Å². The summed E-state index contributed by atoms with van der Waals surface area (Å²) >= 11 is 0. The first kappa shape index (κ1) is 12.7. The lowest BCUT2D eigenvalue weighted by molar-refractivity contribution is 0.0937. The predicted molar refractivity (Wildman–Crippen MR) is 63.3 cm³/mol. The highest BCUT2D eigenvalue weighted by Gasteiger charge is 2.05. The number of methoxy groups -OCH3 is 1. The molecule has 0 aromatic heterocycles. The Morgan fingerprint density at radius 1 is 1.44 bits per heavy atom. The molecule has 1 unspecified atom stereocenters. The summed E-state index contributed by atoms with van der Waals surface area (Å²) in [6.45, 7) is 2.95. The van der Waals surface area contributed by atoms with E-state index in [9.17, 15) is 4.79 Å². The van der Waals surface area contributed by atoms with Gasteiger partial charge in [-0.2, -0.15) is 0 Å². The average Bonchev–Trinajstić information content (AvgIpc) is 2.29. The van der Waals surface area contributed by atoms with Crippen LogP contribution in [0.25, 0.3) is 0 Å². The molecule has 0 aliphatic heterocycles. The van der Waals surface area contributed by atoms with Gasteiger partial charge in [0.15, 0.2) is 0 Å². The minimum atomic E-state index is -0.0896. The minimum Gasteiger partial charge on any atom is -0.383 e. The number of benzene rings is 1. The molecule has 0 fully saturated rings. The first-order valence-corrected chi connectivity index (χ1v) is 5.28. The maximum absolute atomic E-state index is 11.6. The smallest absolute Gasteiger partial charge is 0.251 e. The number of hydrogen-bond acceptors (Lipinski definition) is 3. The van der Waals surface area contributed by atoms with Gasteiger partial charge in [-0.1, -0.05) is 12.1 Å². The van der Waals surface area contributed by atoms with E-state index in [1.807, 2.05) is 19.1 Å². The lowest BCUT2D eigenvalue weighted by Gasteiger charge is -2.07. The third-order valence-electron chi connectivity index (χ3n) is 2.29. The van der Waals surface area contributed by atoms with Crippen LogP contribution in [0.4, 0.5) is 0 Å². The van der Waals surface area contributed by atoms with Gasteiger partial charge in [-0.3, -0.25) is 4.79 Å². The summed E-state index contributed by atoms with van der Waals surface area (Å²) in [7, 11) is 1.60. The molecule has 1 atom stereocenters. The molecule has 3 N–H and O–H groups in total. The molecule has 1 aromatic rings. The third-order valence-corrected chi connectivity index (χ3v) is 2.29. The van der Waals surface area contributed by atoms with Crippen molar-refractivity contribution >= 4 is 5.91 Å². The van der Waals surface area contributed by atoms with E-state index in [0.29, 0.717) is 18.7 Å². The molecule has 0 heterocycles. The molecule has 1 rings (SSSR count). The molecule has 0 bridgehead atoms. The van der Waals surface area contributed by atoms with Crippen molar-refractivity contribution in [2.75, 3.05) is 20.3 Å². The summed E-state index contributed by atoms with van der Waals surface area (Å²) in [6, 6.07) is 7.29. The third kappa shape index (κ3) is 3.64. The summed E-state index contributed by atoms with van der Waals surface area (Å²) in [6.07, 6.45) is 0. The zero-order valence-electron chi connectivity index (χ0n) is 9.69. The number of carbonyl (C=O) groups is 1. The fourth-order valence-electron chi connectivity index (χ4n) is 1.31. The maximum Gasteiger partial charge on any atom is 0.251 e. The Morgan fingerprint density at radius 2 is 2.06 bits per heavy atom. The number of nitrogens with one attached hydrogen (secondary N) is 1. The van der Waals surface area contributed by atoms with Crippen molar-refractivity contribution in [3.8, 4) is 0 Å². The van der Waals surface area contributed by atoms with Gasteiger partial charge in [0.1, 0.15) is 0 Å². The van der Waals surface area contributed by atoms with Crippen LogP contribution in [0.2, 0.25) is 0 Å². The zero-order valence-corrected chi connectivity index (χ0v) is 9.69. The van der Waals surface area contributed by atoms with Gasteiger partial charge in [0.2, 0.25) is 0 Å². The molecule has 0 radical (unpaired) electrons. The molecule has 0 aliphatic rings. The van der Waals surface area contributed by atoms with Gasteiger partial charge in [0.05, 0.1) is 6.61 Å². The van der Waals surface area contributed by atoms with Crippen LogP contribution >= 0.6 is 0 Å². The number of rotatable bonds is 5. The van der Waals surface area contributed by atoms with E-state index in [1.54, 1.807) is 19.2 Å². The highest BCUT2D eigenvalue weighted by molar-refractivity contribution is 5.94.